The molecule has 22 heavy (non-hydrogen) atoms. The van der Waals surface area contributed by atoms with Gasteiger partial charge in [0.1, 0.15) is 6.29 Å². The molecule has 3 unspecified atom stereocenters. The minimum atomic E-state index is -1.16. The van der Waals surface area contributed by atoms with Crippen molar-refractivity contribution in [3.63, 3.8) is 0 Å². The average molecular weight is 314 g/mol. The van der Waals surface area contributed by atoms with Crippen LogP contribution in [0.2, 0.25) is 0 Å². The maximum Gasteiger partial charge on any atom is 0.336 e. The van der Waals surface area contributed by atoms with Gasteiger partial charge in [-0.2, -0.15) is 0 Å². The number of epoxide rings is 1. The van der Waals surface area contributed by atoms with E-state index < -0.39 is 30.1 Å². The Morgan fingerprint density at radius 2 is 1.95 bits per heavy atom. The summed E-state index contributed by atoms with van der Waals surface area (Å²) >= 11 is 0. The fourth-order valence-electron chi connectivity index (χ4n) is 2.17. The lowest BCUT2D eigenvalue weighted by Crippen LogP contribution is -2.41. The molecule has 0 saturated carbocycles. The largest absolute Gasteiger partial charge is 0.479 e. The van der Waals surface area contributed by atoms with Gasteiger partial charge in [0.05, 0.1) is 6.04 Å². The number of carbonyl (C=O) groups excluding carboxylic acids is 2. The molecule has 7 heteroatoms. The number of hydrogen-bond donors (Lipinski definition) is 3. The standard InChI is InChI=1S/C15H26N2O5/c1-9(2)4-5-16-7-10(3)6-11(8-18)17-14(19)12-13(22-12)15(20)21/h8-13,16H,4-7H2,1-3H3,(H,17,19)(H,20,21)/t10-,11?,12?,13?/m0/s1. The van der Waals surface area contributed by atoms with Crippen LogP contribution < -0.4 is 10.6 Å². The molecule has 0 bridgehead atoms. The van der Waals surface area contributed by atoms with E-state index in [1.807, 2.05) is 6.92 Å². The Morgan fingerprint density at radius 1 is 1.27 bits per heavy atom. The molecule has 0 spiro atoms. The van der Waals surface area contributed by atoms with Crippen LogP contribution in [0.15, 0.2) is 0 Å². The molecule has 0 aliphatic carbocycles. The summed E-state index contributed by atoms with van der Waals surface area (Å²) in [4.78, 5) is 33.4. The van der Waals surface area contributed by atoms with E-state index >= 15 is 0 Å². The Labute approximate surface area is 130 Å². The molecule has 0 radical (unpaired) electrons. The van der Waals surface area contributed by atoms with E-state index in [0.29, 0.717) is 18.6 Å². The topological polar surface area (TPSA) is 108 Å². The van der Waals surface area contributed by atoms with E-state index in [9.17, 15) is 14.4 Å². The van der Waals surface area contributed by atoms with Crippen molar-refractivity contribution in [1.29, 1.82) is 0 Å². The van der Waals surface area contributed by atoms with Gasteiger partial charge in [0.2, 0.25) is 0 Å². The third-order valence-electron chi connectivity index (χ3n) is 3.53. The number of aliphatic carboxylic acids is 1. The van der Waals surface area contributed by atoms with Gasteiger partial charge in [-0.3, -0.25) is 4.79 Å². The Bertz CT molecular complexity index is 399. The van der Waals surface area contributed by atoms with Crippen LogP contribution in [-0.2, 0) is 19.1 Å². The molecule has 1 fully saturated rings. The minimum Gasteiger partial charge on any atom is -0.479 e. The predicted octanol–water partition coefficient (Wildman–Crippen LogP) is 0.184. The molecule has 0 aromatic carbocycles. The highest BCUT2D eigenvalue weighted by Crippen LogP contribution is 2.22. The van der Waals surface area contributed by atoms with Gasteiger partial charge in [0.15, 0.2) is 12.2 Å². The summed E-state index contributed by atoms with van der Waals surface area (Å²) in [6.07, 6.45) is 0.229. The maximum absolute atomic E-state index is 11.7. The van der Waals surface area contributed by atoms with Gasteiger partial charge in [-0.1, -0.05) is 20.8 Å². The van der Waals surface area contributed by atoms with Crippen LogP contribution in [0.4, 0.5) is 0 Å². The van der Waals surface area contributed by atoms with Crippen molar-refractivity contribution in [2.24, 2.45) is 11.8 Å². The van der Waals surface area contributed by atoms with Crippen LogP contribution in [0, 0.1) is 11.8 Å². The number of aldehydes is 1. The van der Waals surface area contributed by atoms with Crippen LogP contribution >= 0.6 is 0 Å². The maximum atomic E-state index is 11.7. The third kappa shape index (κ3) is 6.53. The zero-order valence-electron chi connectivity index (χ0n) is 13.4. The molecule has 1 amide bonds. The molecule has 0 aromatic rings. The Morgan fingerprint density at radius 3 is 2.45 bits per heavy atom. The molecule has 4 atom stereocenters. The van der Waals surface area contributed by atoms with Gasteiger partial charge in [-0.15, -0.1) is 0 Å². The fraction of sp³-hybridized carbons (Fsp3) is 0.800. The lowest BCUT2D eigenvalue weighted by atomic mass is 10.0. The monoisotopic (exact) mass is 314 g/mol. The van der Waals surface area contributed by atoms with Crippen LogP contribution in [0.3, 0.4) is 0 Å². The van der Waals surface area contributed by atoms with Gasteiger partial charge < -0.3 is 25.3 Å². The average Bonchev–Trinajstić information content (AvgIpc) is 3.23. The Hall–Kier alpha value is -1.47. The zero-order valence-corrected chi connectivity index (χ0v) is 13.4. The number of ether oxygens (including phenoxy) is 1. The second-order valence-electron chi connectivity index (χ2n) is 6.29. The van der Waals surface area contributed by atoms with Gasteiger partial charge in [-0.25, -0.2) is 4.79 Å². The smallest absolute Gasteiger partial charge is 0.336 e. The first-order valence-electron chi connectivity index (χ1n) is 7.69. The molecule has 3 N–H and O–H groups in total. The Balaban J connectivity index is 2.25. The Kier molecular flexibility index (Phi) is 7.47. The minimum absolute atomic E-state index is 0.220. The highest BCUT2D eigenvalue weighted by atomic mass is 16.6. The van der Waals surface area contributed by atoms with Crippen molar-refractivity contribution in [3.05, 3.63) is 0 Å². The summed E-state index contributed by atoms with van der Waals surface area (Å²) in [6, 6.07) is -0.618. The summed E-state index contributed by atoms with van der Waals surface area (Å²) in [7, 11) is 0. The summed E-state index contributed by atoms with van der Waals surface area (Å²) in [5, 5.41) is 14.5. The quantitative estimate of drug-likeness (QED) is 0.285. The summed E-state index contributed by atoms with van der Waals surface area (Å²) in [5.74, 6) is -0.835. The SMILES string of the molecule is CC(C)CCNC[C@@H](C)CC(C=O)NC(=O)C1OC1C(=O)O. The first kappa shape index (κ1) is 18.6. The molecule has 1 saturated heterocycles. The van der Waals surface area contributed by atoms with Crippen molar-refractivity contribution >= 4 is 18.2 Å². The van der Waals surface area contributed by atoms with E-state index in [4.69, 9.17) is 9.84 Å². The van der Waals surface area contributed by atoms with Gasteiger partial charge >= 0.3 is 5.97 Å². The van der Waals surface area contributed by atoms with E-state index in [1.54, 1.807) is 0 Å². The van der Waals surface area contributed by atoms with Gasteiger partial charge in [-0.05, 0) is 37.8 Å². The molecule has 0 aromatic heterocycles. The van der Waals surface area contributed by atoms with Crippen LogP contribution in [0.1, 0.15) is 33.6 Å². The normalized spacial score (nSPS) is 22.9. The van der Waals surface area contributed by atoms with Crippen molar-refractivity contribution in [2.45, 2.75) is 51.9 Å². The van der Waals surface area contributed by atoms with Crippen LogP contribution in [0.5, 0.6) is 0 Å². The molecular weight excluding hydrogens is 288 g/mol. The molecule has 1 aliphatic rings. The van der Waals surface area contributed by atoms with E-state index in [1.165, 1.54) is 0 Å². The fourth-order valence-corrected chi connectivity index (χ4v) is 2.17. The van der Waals surface area contributed by atoms with Gasteiger partial charge in [0, 0.05) is 0 Å². The molecule has 1 heterocycles. The van der Waals surface area contributed by atoms with Gasteiger partial charge in [0.25, 0.3) is 5.91 Å². The number of carbonyl (C=O) groups is 3. The van der Waals surface area contributed by atoms with E-state index in [-0.39, 0.29) is 5.92 Å². The summed E-state index contributed by atoms with van der Waals surface area (Å²) in [6.45, 7) is 8.01. The highest BCUT2D eigenvalue weighted by Gasteiger charge is 2.51. The lowest BCUT2D eigenvalue weighted by molar-refractivity contribution is -0.138. The zero-order chi connectivity index (χ0) is 16.7. The van der Waals surface area contributed by atoms with Crippen LogP contribution in [0.25, 0.3) is 0 Å². The van der Waals surface area contributed by atoms with Crippen LogP contribution in [-0.4, -0.2) is 54.6 Å². The molecule has 1 rings (SSSR count). The molecule has 1 aliphatic heterocycles. The second kappa shape index (κ2) is 8.85. The number of carboxylic acids is 1. The second-order valence-corrected chi connectivity index (χ2v) is 6.29. The first-order valence-corrected chi connectivity index (χ1v) is 7.69. The number of hydrogen-bond acceptors (Lipinski definition) is 5. The van der Waals surface area contributed by atoms with Crippen molar-refractivity contribution in [2.75, 3.05) is 13.1 Å². The lowest BCUT2D eigenvalue weighted by Gasteiger charge is -2.18. The predicted molar refractivity (Wildman–Crippen MR) is 80.4 cm³/mol. The van der Waals surface area contributed by atoms with Crippen molar-refractivity contribution < 1.29 is 24.2 Å². The molecular formula is C15H26N2O5. The number of nitrogens with one attached hydrogen (secondary N) is 2. The van der Waals surface area contributed by atoms with Crippen molar-refractivity contribution in [3.8, 4) is 0 Å². The first-order chi connectivity index (χ1) is 10.3. The van der Waals surface area contributed by atoms with E-state index in [0.717, 1.165) is 19.5 Å². The molecule has 7 nitrogen and oxygen atoms in total. The molecule has 126 valence electrons. The highest BCUT2D eigenvalue weighted by molar-refractivity contribution is 5.93. The summed E-state index contributed by atoms with van der Waals surface area (Å²) < 4.78 is 4.75. The summed E-state index contributed by atoms with van der Waals surface area (Å²) in [5.41, 5.74) is 0. The number of amides is 1. The van der Waals surface area contributed by atoms with Crippen molar-refractivity contribution in [1.82, 2.24) is 10.6 Å². The number of rotatable bonds is 11. The van der Waals surface area contributed by atoms with E-state index in [2.05, 4.69) is 24.5 Å². The number of carboxylic acid groups (broad SMARTS) is 1. The third-order valence-corrected chi connectivity index (χ3v) is 3.53.